The van der Waals surface area contributed by atoms with Crippen molar-refractivity contribution in [1.29, 1.82) is 0 Å². The van der Waals surface area contributed by atoms with Crippen LogP contribution in [0.2, 0.25) is 0 Å². The average Bonchev–Trinajstić information content (AvgIpc) is 3.82. The molecule has 41 heavy (non-hydrogen) atoms. The molecule has 7 rings (SSSR count). The van der Waals surface area contributed by atoms with Gasteiger partial charge in [-0.25, -0.2) is 5.01 Å². The second-order valence-electron chi connectivity index (χ2n) is 9.32. The quantitative estimate of drug-likeness (QED) is 0.178. The highest BCUT2D eigenvalue weighted by molar-refractivity contribution is 9.10. The normalized spacial score (nSPS) is 15.0. The number of pyridine rings is 1. The van der Waals surface area contributed by atoms with Crippen LogP contribution < -0.4 is 0 Å². The number of carbonyl (C=O) groups is 1. The van der Waals surface area contributed by atoms with Gasteiger partial charge in [0.1, 0.15) is 23.1 Å². The minimum Gasteiger partial charge on any atom is -0.467 e. The molecule has 0 N–H and O–H groups in total. The molecule has 1 atom stereocenters. The number of halogens is 1. The molecule has 2 aromatic carbocycles. The summed E-state index contributed by atoms with van der Waals surface area (Å²) in [5.41, 5.74) is 3.15. The first kappa shape index (κ1) is 25.5. The van der Waals surface area contributed by atoms with Crippen molar-refractivity contribution in [2.24, 2.45) is 5.10 Å². The fourth-order valence-electron chi connectivity index (χ4n) is 4.78. The lowest BCUT2D eigenvalue weighted by Gasteiger charge is -2.19. The molecule has 202 valence electrons. The Morgan fingerprint density at radius 2 is 1.90 bits per heavy atom. The van der Waals surface area contributed by atoms with E-state index in [0.29, 0.717) is 34.6 Å². The number of para-hydroxylation sites is 1. The molecular formula is C30H21BrN6O3S. The van der Waals surface area contributed by atoms with Crippen LogP contribution >= 0.6 is 27.7 Å². The number of nitrogens with zero attached hydrogens (tertiary/aromatic N) is 6. The van der Waals surface area contributed by atoms with E-state index in [9.17, 15) is 4.79 Å². The van der Waals surface area contributed by atoms with Gasteiger partial charge in [-0.15, -0.1) is 10.2 Å². The fraction of sp³-hybridized carbons (Fsp3) is 0.100. The first-order chi connectivity index (χ1) is 20.1. The lowest BCUT2D eigenvalue weighted by molar-refractivity contribution is -0.130. The highest BCUT2D eigenvalue weighted by atomic mass is 79.9. The summed E-state index contributed by atoms with van der Waals surface area (Å²) >= 11 is 4.80. The Kier molecular flexibility index (Phi) is 6.73. The van der Waals surface area contributed by atoms with Crippen LogP contribution in [-0.4, -0.2) is 42.1 Å². The number of hydrogen-bond acceptors (Lipinski definition) is 8. The Morgan fingerprint density at radius 1 is 1.02 bits per heavy atom. The molecule has 1 unspecified atom stereocenters. The van der Waals surface area contributed by atoms with E-state index in [1.807, 2.05) is 83.4 Å². The summed E-state index contributed by atoms with van der Waals surface area (Å²) in [7, 11) is 0. The van der Waals surface area contributed by atoms with Crippen LogP contribution in [0.3, 0.4) is 0 Å². The van der Waals surface area contributed by atoms with E-state index < -0.39 is 0 Å². The van der Waals surface area contributed by atoms with E-state index in [2.05, 4.69) is 31.1 Å². The van der Waals surface area contributed by atoms with Gasteiger partial charge in [0.15, 0.2) is 16.7 Å². The predicted molar refractivity (Wildman–Crippen MR) is 159 cm³/mol. The van der Waals surface area contributed by atoms with Crippen molar-refractivity contribution in [1.82, 2.24) is 24.8 Å². The van der Waals surface area contributed by atoms with Gasteiger partial charge in [0.25, 0.3) is 5.91 Å². The minimum atomic E-state index is -0.378. The maximum Gasteiger partial charge on any atom is 0.253 e. The van der Waals surface area contributed by atoms with Crippen LogP contribution in [0, 0.1) is 0 Å². The molecule has 0 saturated carbocycles. The summed E-state index contributed by atoms with van der Waals surface area (Å²) in [6.07, 6.45) is 5.53. The third kappa shape index (κ3) is 4.98. The van der Waals surface area contributed by atoms with E-state index >= 15 is 0 Å². The van der Waals surface area contributed by atoms with Crippen LogP contribution in [0.15, 0.2) is 121 Å². The van der Waals surface area contributed by atoms with E-state index in [0.717, 1.165) is 26.7 Å². The third-order valence-electron chi connectivity index (χ3n) is 6.71. The second kappa shape index (κ2) is 10.8. The number of amides is 1. The van der Waals surface area contributed by atoms with E-state index in [4.69, 9.17) is 13.9 Å². The number of aromatic nitrogens is 4. The van der Waals surface area contributed by atoms with Gasteiger partial charge >= 0.3 is 0 Å². The summed E-state index contributed by atoms with van der Waals surface area (Å²) in [4.78, 5) is 17.9. The first-order valence-electron chi connectivity index (χ1n) is 12.8. The maximum absolute atomic E-state index is 13.7. The monoisotopic (exact) mass is 624 g/mol. The molecule has 0 radical (unpaired) electrons. The van der Waals surface area contributed by atoms with Gasteiger partial charge in [0, 0.05) is 39.9 Å². The largest absolute Gasteiger partial charge is 0.467 e. The van der Waals surface area contributed by atoms with Crippen LogP contribution in [0.4, 0.5) is 0 Å². The van der Waals surface area contributed by atoms with Gasteiger partial charge < -0.3 is 8.83 Å². The summed E-state index contributed by atoms with van der Waals surface area (Å²) in [5, 5.41) is 16.7. The summed E-state index contributed by atoms with van der Waals surface area (Å²) in [5.74, 6) is 1.85. The average molecular weight is 626 g/mol. The SMILES string of the molecule is O=C(CSc1nnc(-c2cccnc2)n1-c1ccc(Br)cc1)N1N=C(c2cc3ccccc3o2)CC1c1ccco1. The third-order valence-corrected chi connectivity index (χ3v) is 8.15. The van der Waals surface area contributed by atoms with Gasteiger partial charge in [-0.05, 0) is 60.7 Å². The van der Waals surface area contributed by atoms with Gasteiger partial charge in [-0.1, -0.05) is 45.9 Å². The molecule has 1 amide bonds. The number of benzene rings is 2. The fourth-order valence-corrected chi connectivity index (χ4v) is 5.85. The van der Waals surface area contributed by atoms with Crippen molar-refractivity contribution in [3.8, 4) is 17.1 Å². The van der Waals surface area contributed by atoms with Crippen molar-refractivity contribution in [2.45, 2.75) is 17.6 Å². The van der Waals surface area contributed by atoms with Crippen molar-refractivity contribution < 1.29 is 13.6 Å². The minimum absolute atomic E-state index is 0.0931. The van der Waals surface area contributed by atoms with Crippen molar-refractivity contribution >= 4 is 50.3 Å². The Morgan fingerprint density at radius 3 is 2.68 bits per heavy atom. The molecule has 4 aromatic heterocycles. The molecule has 1 aliphatic rings. The van der Waals surface area contributed by atoms with Gasteiger partial charge in [0.05, 0.1) is 12.0 Å². The van der Waals surface area contributed by atoms with E-state index in [1.165, 1.54) is 16.8 Å². The Hall–Kier alpha value is -4.48. The topological polar surface area (TPSA) is 103 Å². The standard InChI is InChI=1S/C30H21BrN6O3S/c31-21-9-11-22(12-10-21)36-29(20-6-3-13-32-17-20)33-34-30(36)41-18-28(38)37-24(26-8-4-14-39-26)16-23(35-37)27-15-19-5-1-2-7-25(19)40-27/h1-15,17,24H,16,18H2. The molecule has 11 heteroatoms. The number of thioether (sulfide) groups is 1. The zero-order chi connectivity index (χ0) is 27.8. The highest BCUT2D eigenvalue weighted by Gasteiger charge is 2.36. The van der Waals surface area contributed by atoms with Crippen LogP contribution in [0.1, 0.15) is 24.0 Å². The summed E-state index contributed by atoms with van der Waals surface area (Å²) in [6, 6.07) is 24.7. The number of hydrogen-bond donors (Lipinski definition) is 0. The molecule has 6 aromatic rings. The molecule has 5 heterocycles. The Labute approximate surface area is 247 Å². The Balaban J connectivity index is 1.19. The molecular weight excluding hydrogens is 604 g/mol. The smallest absolute Gasteiger partial charge is 0.253 e. The number of rotatable bonds is 7. The maximum atomic E-state index is 13.7. The summed E-state index contributed by atoms with van der Waals surface area (Å²) < 4.78 is 14.6. The zero-order valence-corrected chi connectivity index (χ0v) is 23.8. The van der Waals surface area contributed by atoms with Crippen LogP contribution in [-0.2, 0) is 4.79 Å². The highest BCUT2D eigenvalue weighted by Crippen LogP contribution is 2.36. The molecule has 0 bridgehead atoms. The van der Waals surface area contributed by atoms with Gasteiger partial charge in [-0.3, -0.25) is 14.3 Å². The molecule has 0 aliphatic carbocycles. The van der Waals surface area contributed by atoms with E-state index in [-0.39, 0.29) is 17.7 Å². The molecule has 1 aliphatic heterocycles. The van der Waals surface area contributed by atoms with Gasteiger partial charge in [0.2, 0.25) is 0 Å². The molecule has 0 spiro atoms. The van der Waals surface area contributed by atoms with Crippen molar-refractivity contribution in [3.63, 3.8) is 0 Å². The Bertz CT molecular complexity index is 1830. The van der Waals surface area contributed by atoms with Crippen molar-refractivity contribution in [3.05, 3.63) is 114 Å². The lowest BCUT2D eigenvalue weighted by Crippen LogP contribution is -2.28. The van der Waals surface area contributed by atoms with Crippen LogP contribution in [0.25, 0.3) is 28.0 Å². The lowest BCUT2D eigenvalue weighted by atomic mass is 10.1. The molecule has 9 nitrogen and oxygen atoms in total. The number of carbonyl (C=O) groups excluding carboxylic acids is 1. The number of hydrazone groups is 1. The predicted octanol–water partition coefficient (Wildman–Crippen LogP) is 6.90. The molecule has 0 saturated heterocycles. The zero-order valence-electron chi connectivity index (χ0n) is 21.4. The summed E-state index contributed by atoms with van der Waals surface area (Å²) in [6.45, 7) is 0. The van der Waals surface area contributed by atoms with Gasteiger partial charge in [-0.2, -0.15) is 5.10 Å². The number of furan rings is 2. The first-order valence-corrected chi connectivity index (χ1v) is 14.6. The van der Waals surface area contributed by atoms with Crippen LogP contribution in [0.5, 0.6) is 0 Å². The number of fused-ring (bicyclic) bond motifs is 1. The van der Waals surface area contributed by atoms with E-state index in [1.54, 1.807) is 18.7 Å². The van der Waals surface area contributed by atoms with Crippen molar-refractivity contribution in [2.75, 3.05) is 5.75 Å². The second-order valence-corrected chi connectivity index (χ2v) is 11.2. The molecule has 0 fully saturated rings.